The molecule has 4 rings (SSSR count). The summed E-state index contributed by atoms with van der Waals surface area (Å²) in [7, 11) is 5.96. The molecule has 2 aliphatic carbocycles. The Morgan fingerprint density at radius 3 is 2.62 bits per heavy atom. The molecule has 130 valence electrons. The molecule has 5 nitrogen and oxygen atoms in total. The first-order valence-electron chi connectivity index (χ1n) is 8.99. The third-order valence-electron chi connectivity index (χ3n) is 5.92. The molecule has 2 heterocycles. The highest BCUT2D eigenvalue weighted by Crippen LogP contribution is 2.41. The molecule has 0 aliphatic heterocycles. The highest BCUT2D eigenvalue weighted by atomic mass is 32.1. The number of hydrogen-bond donors (Lipinski definition) is 1. The third-order valence-corrected chi connectivity index (χ3v) is 7.12. The minimum atomic E-state index is 0.0895. The fourth-order valence-corrected chi connectivity index (χ4v) is 5.65. The van der Waals surface area contributed by atoms with Crippen molar-refractivity contribution in [1.82, 2.24) is 9.97 Å². The summed E-state index contributed by atoms with van der Waals surface area (Å²) in [6.45, 7) is 0. The van der Waals surface area contributed by atoms with Crippen molar-refractivity contribution >= 4 is 27.4 Å². The molecule has 0 saturated heterocycles. The van der Waals surface area contributed by atoms with Gasteiger partial charge in [0.25, 0.3) is 0 Å². The van der Waals surface area contributed by atoms with Crippen LogP contribution in [0.5, 0.6) is 0 Å². The molecular weight excluding hydrogens is 320 g/mol. The maximum atomic E-state index is 10.2. The quantitative estimate of drug-likeness (QED) is 0.683. The van der Waals surface area contributed by atoms with Gasteiger partial charge in [-0.3, -0.25) is 0 Å². The van der Waals surface area contributed by atoms with Crippen LogP contribution in [0.1, 0.15) is 42.5 Å². The molecule has 0 spiro atoms. The molecule has 0 bridgehead atoms. The molecule has 0 atom stereocenters. The maximum absolute atomic E-state index is 10.2. The van der Waals surface area contributed by atoms with Gasteiger partial charge < -0.3 is 4.90 Å². The van der Waals surface area contributed by atoms with Gasteiger partial charge in [0.1, 0.15) is 23.0 Å². The van der Waals surface area contributed by atoms with Crippen LogP contribution in [0, 0.1) is 0 Å². The van der Waals surface area contributed by atoms with E-state index in [0.29, 0.717) is 12.1 Å². The fraction of sp³-hybridized carbons (Fsp3) is 0.667. The lowest BCUT2D eigenvalue weighted by molar-refractivity contribution is -1.09. The Morgan fingerprint density at radius 1 is 1.17 bits per heavy atom. The van der Waals surface area contributed by atoms with Crippen LogP contribution in [0.2, 0.25) is 0 Å². The van der Waals surface area contributed by atoms with E-state index in [0.717, 1.165) is 36.3 Å². The van der Waals surface area contributed by atoms with Crippen LogP contribution in [0.4, 0.5) is 5.82 Å². The molecular formula is C18H27N4OS+. The van der Waals surface area contributed by atoms with Crippen molar-refractivity contribution in [1.29, 1.82) is 0 Å². The van der Waals surface area contributed by atoms with Gasteiger partial charge in [-0.25, -0.2) is 15.2 Å². The highest BCUT2D eigenvalue weighted by Gasteiger charge is 2.34. The second kappa shape index (κ2) is 5.93. The average Bonchev–Trinajstić information content (AvgIpc) is 3.13. The van der Waals surface area contributed by atoms with E-state index in [1.807, 2.05) is 25.4 Å². The Balaban J connectivity index is 1.60. The molecule has 2 aromatic heterocycles. The summed E-state index contributed by atoms with van der Waals surface area (Å²) >= 11 is 1.86. The van der Waals surface area contributed by atoms with E-state index in [9.17, 15) is 5.21 Å². The topological polar surface area (TPSA) is 49.2 Å². The Labute approximate surface area is 147 Å². The number of thiophene rings is 1. The Hall–Kier alpha value is -1.24. The third kappa shape index (κ3) is 2.70. The Kier molecular flexibility index (Phi) is 4.01. The number of quaternary nitrogens is 1. The van der Waals surface area contributed by atoms with Gasteiger partial charge in [-0.15, -0.1) is 11.3 Å². The zero-order chi connectivity index (χ0) is 16.9. The number of hydroxylamine groups is 3. The predicted molar refractivity (Wildman–Crippen MR) is 97.8 cm³/mol. The molecule has 2 aromatic rings. The lowest BCUT2D eigenvalue weighted by Gasteiger charge is -2.39. The van der Waals surface area contributed by atoms with Crippen LogP contribution in [-0.4, -0.2) is 53.0 Å². The molecule has 0 amide bonds. The zero-order valence-electron chi connectivity index (χ0n) is 14.8. The Bertz CT molecular complexity index is 743. The number of fused-ring (bicyclic) bond motifs is 3. The second-order valence-corrected chi connectivity index (χ2v) is 8.87. The standard InChI is InChI=1S/C18H27N4OS/c1-21(12-7-9-13(10-8-12)22(2,3)23)17-16-14-5-4-6-15(14)24-18(16)20-11-19-17/h11-13,23H,4-10H2,1-3H3/q+1. The van der Waals surface area contributed by atoms with Crippen molar-refractivity contribution in [3.05, 3.63) is 16.8 Å². The first kappa shape index (κ1) is 16.2. The molecule has 24 heavy (non-hydrogen) atoms. The van der Waals surface area contributed by atoms with Crippen LogP contribution in [0.15, 0.2) is 6.33 Å². The lowest BCUT2D eigenvalue weighted by atomic mass is 9.89. The first-order chi connectivity index (χ1) is 11.4. The number of nitrogens with zero attached hydrogens (tertiary/aromatic N) is 4. The molecule has 2 aliphatic rings. The van der Waals surface area contributed by atoms with Crippen LogP contribution in [0.3, 0.4) is 0 Å². The maximum Gasteiger partial charge on any atom is 0.141 e. The highest BCUT2D eigenvalue weighted by molar-refractivity contribution is 7.19. The van der Waals surface area contributed by atoms with Crippen LogP contribution < -0.4 is 4.90 Å². The van der Waals surface area contributed by atoms with Crippen molar-refractivity contribution in [2.75, 3.05) is 26.0 Å². The zero-order valence-corrected chi connectivity index (χ0v) is 15.6. The van der Waals surface area contributed by atoms with E-state index in [1.165, 1.54) is 35.1 Å². The summed E-state index contributed by atoms with van der Waals surface area (Å²) in [5.74, 6) is 1.11. The van der Waals surface area contributed by atoms with Crippen molar-refractivity contribution in [2.45, 2.75) is 57.0 Å². The van der Waals surface area contributed by atoms with Crippen LogP contribution in [0.25, 0.3) is 10.2 Å². The smallest absolute Gasteiger partial charge is 0.141 e. The second-order valence-electron chi connectivity index (χ2n) is 7.79. The lowest BCUT2D eigenvalue weighted by Crippen LogP contribution is -2.49. The van der Waals surface area contributed by atoms with Gasteiger partial charge in [0.15, 0.2) is 0 Å². The number of anilines is 1. The molecule has 1 saturated carbocycles. The summed E-state index contributed by atoms with van der Waals surface area (Å²) in [4.78, 5) is 14.2. The monoisotopic (exact) mass is 347 g/mol. The van der Waals surface area contributed by atoms with Crippen LogP contribution >= 0.6 is 11.3 Å². The fourth-order valence-electron chi connectivity index (χ4n) is 4.43. The molecule has 6 heteroatoms. The van der Waals surface area contributed by atoms with Crippen molar-refractivity contribution < 1.29 is 9.85 Å². The number of rotatable bonds is 3. The molecule has 0 aromatic carbocycles. The molecule has 1 N–H and O–H groups in total. The van der Waals surface area contributed by atoms with Gasteiger partial charge in [0.2, 0.25) is 0 Å². The molecule has 0 unspecified atom stereocenters. The number of aryl methyl sites for hydroxylation is 2. The minimum Gasteiger partial charge on any atom is -0.356 e. The largest absolute Gasteiger partial charge is 0.356 e. The van der Waals surface area contributed by atoms with Gasteiger partial charge in [-0.05, 0) is 37.7 Å². The van der Waals surface area contributed by atoms with E-state index in [1.54, 1.807) is 6.33 Å². The summed E-state index contributed by atoms with van der Waals surface area (Å²) in [5, 5.41) is 11.5. The normalized spacial score (nSPS) is 24.3. The van der Waals surface area contributed by atoms with Crippen molar-refractivity contribution in [3.8, 4) is 0 Å². The van der Waals surface area contributed by atoms with E-state index >= 15 is 0 Å². The van der Waals surface area contributed by atoms with Gasteiger partial charge >= 0.3 is 0 Å². The summed E-state index contributed by atoms with van der Waals surface area (Å²) in [6.07, 6.45) is 9.72. The number of hydrogen-bond acceptors (Lipinski definition) is 5. The van der Waals surface area contributed by atoms with E-state index in [4.69, 9.17) is 0 Å². The van der Waals surface area contributed by atoms with Crippen molar-refractivity contribution in [2.24, 2.45) is 0 Å². The Morgan fingerprint density at radius 2 is 1.92 bits per heavy atom. The average molecular weight is 348 g/mol. The SMILES string of the molecule is CN(c1ncnc2sc3c(c12)CCC3)C1CCC([N+](C)(C)O)CC1. The van der Waals surface area contributed by atoms with E-state index in [2.05, 4.69) is 21.9 Å². The van der Waals surface area contributed by atoms with Gasteiger partial charge in [-0.1, -0.05) is 0 Å². The summed E-state index contributed by atoms with van der Waals surface area (Å²) < 4.78 is 0.0895. The van der Waals surface area contributed by atoms with E-state index in [-0.39, 0.29) is 4.65 Å². The van der Waals surface area contributed by atoms with Gasteiger partial charge in [0, 0.05) is 30.8 Å². The first-order valence-corrected chi connectivity index (χ1v) is 9.81. The van der Waals surface area contributed by atoms with Crippen LogP contribution in [-0.2, 0) is 12.8 Å². The van der Waals surface area contributed by atoms with Gasteiger partial charge in [0.05, 0.1) is 19.5 Å². The molecule has 0 radical (unpaired) electrons. The summed E-state index contributed by atoms with van der Waals surface area (Å²) in [5.41, 5.74) is 1.50. The van der Waals surface area contributed by atoms with Crippen molar-refractivity contribution in [3.63, 3.8) is 0 Å². The minimum absolute atomic E-state index is 0.0895. The van der Waals surface area contributed by atoms with Gasteiger partial charge in [-0.2, -0.15) is 4.65 Å². The predicted octanol–water partition coefficient (Wildman–Crippen LogP) is 3.39. The molecule has 1 fully saturated rings. The number of aromatic nitrogens is 2. The summed E-state index contributed by atoms with van der Waals surface area (Å²) in [6, 6.07) is 0.855. The van der Waals surface area contributed by atoms with E-state index < -0.39 is 0 Å².